The number of ether oxygens (including phenoxy) is 1. The summed E-state index contributed by atoms with van der Waals surface area (Å²) < 4.78 is 35.4. The molecule has 0 spiro atoms. The second-order valence-electron chi connectivity index (χ2n) is 7.00. The first-order valence-electron chi connectivity index (χ1n) is 8.50. The van der Waals surface area contributed by atoms with Crippen LogP contribution in [0, 0.1) is 5.92 Å². The second-order valence-corrected chi connectivity index (χ2v) is 8.99. The van der Waals surface area contributed by atoms with Gasteiger partial charge in [0, 0.05) is 45.6 Å². The first-order chi connectivity index (χ1) is 11.8. The average molecular weight is 374 g/mol. The molecular formula is C15H26N4O5S. The summed E-state index contributed by atoms with van der Waals surface area (Å²) in [6, 6.07) is 0. The van der Waals surface area contributed by atoms with Crippen LogP contribution in [0.3, 0.4) is 0 Å². The molecule has 0 radical (unpaired) electrons. The topological polar surface area (TPSA) is 109 Å². The van der Waals surface area contributed by atoms with Gasteiger partial charge in [0.05, 0.1) is 25.0 Å². The number of hydrogen-bond donors (Lipinski definition) is 1. The van der Waals surface area contributed by atoms with E-state index in [9.17, 15) is 13.5 Å². The Hall–Kier alpha value is -1.07. The molecule has 2 aliphatic heterocycles. The molecule has 1 aromatic rings. The van der Waals surface area contributed by atoms with E-state index in [1.54, 1.807) is 7.11 Å². The highest BCUT2D eigenvalue weighted by Crippen LogP contribution is 2.36. The summed E-state index contributed by atoms with van der Waals surface area (Å²) in [4.78, 5) is 6.49. The minimum Gasteiger partial charge on any atom is -0.389 e. The van der Waals surface area contributed by atoms with Crippen LogP contribution in [0.15, 0.2) is 4.52 Å². The van der Waals surface area contributed by atoms with Crippen LogP contribution in [0.25, 0.3) is 0 Å². The fourth-order valence-corrected chi connectivity index (χ4v) is 4.50. The molecule has 25 heavy (non-hydrogen) atoms. The molecule has 1 aromatic heterocycles. The molecule has 142 valence electrons. The number of rotatable bonds is 6. The molecule has 3 rings (SSSR count). The molecule has 0 amide bonds. The Morgan fingerprint density at radius 1 is 1.36 bits per heavy atom. The van der Waals surface area contributed by atoms with Crippen LogP contribution in [-0.4, -0.2) is 84.6 Å². The van der Waals surface area contributed by atoms with Crippen molar-refractivity contribution >= 4 is 10.0 Å². The number of methoxy groups -OCH3 is 1. The number of hydrogen-bond acceptors (Lipinski definition) is 8. The van der Waals surface area contributed by atoms with E-state index in [1.807, 2.05) is 0 Å². The smallest absolute Gasteiger partial charge is 0.240 e. The summed E-state index contributed by atoms with van der Waals surface area (Å²) in [5.41, 5.74) is -0.782. The van der Waals surface area contributed by atoms with Gasteiger partial charge in [-0.05, 0) is 12.8 Å². The fraction of sp³-hybridized carbons (Fsp3) is 0.867. The van der Waals surface area contributed by atoms with Crippen LogP contribution in [0.1, 0.15) is 24.6 Å². The van der Waals surface area contributed by atoms with E-state index in [-0.39, 0.29) is 5.92 Å². The molecule has 3 heterocycles. The van der Waals surface area contributed by atoms with Crippen molar-refractivity contribution in [1.82, 2.24) is 19.3 Å². The van der Waals surface area contributed by atoms with Crippen molar-refractivity contribution in [2.45, 2.75) is 31.4 Å². The minimum absolute atomic E-state index is 0.111. The highest BCUT2D eigenvalue weighted by molar-refractivity contribution is 7.88. The number of aromatic nitrogens is 2. The van der Waals surface area contributed by atoms with Gasteiger partial charge >= 0.3 is 0 Å². The van der Waals surface area contributed by atoms with Gasteiger partial charge in [-0.15, -0.1) is 0 Å². The molecule has 2 saturated heterocycles. The number of fused-ring (bicyclic) bond motifs is 1. The zero-order valence-corrected chi connectivity index (χ0v) is 15.5. The van der Waals surface area contributed by atoms with Crippen molar-refractivity contribution < 1.29 is 22.8 Å². The largest absolute Gasteiger partial charge is 0.389 e. The monoisotopic (exact) mass is 374 g/mol. The molecule has 0 aliphatic carbocycles. The third-order valence-electron chi connectivity index (χ3n) is 5.19. The van der Waals surface area contributed by atoms with E-state index >= 15 is 0 Å². The normalized spacial score (nSPS) is 28.8. The van der Waals surface area contributed by atoms with Gasteiger partial charge < -0.3 is 14.4 Å². The van der Waals surface area contributed by atoms with Crippen molar-refractivity contribution in [1.29, 1.82) is 0 Å². The number of sulfonamides is 1. The predicted octanol–water partition coefficient (Wildman–Crippen LogP) is -0.523. The molecular weight excluding hydrogens is 348 g/mol. The molecule has 2 atom stereocenters. The molecule has 9 nitrogen and oxygen atoms in total. The Bertz CT molecular complexity index is 694. The Labute approximate surface area is 148 Å². The lowest BCUT2D eigenvalue weighted by Crippen LogP contribution is -2.60. The van der Waals surface area contributed by atoms with Crippen molar-refractivity contribution in [2.24, 2.45) is 5.92 Å². The molecule has 2 fully saturated rings. The maximum absolute atomic E-state index is 11.8. The van der Waals surface area contributed by atoms with E-state index < -0.39 is 15.6 Å². The molecule has 0 saturated carbocycles. The van der Waals surface area contributed by atoms with Gasteiger partial charge in [-0.3, -0.25) is 4.90 Å². The summed E-state index contributed by atoms with van der Waals surface area (Å²) in [7, 11) is -1.61. The molecule has 0 aromatic carbocycles. The number of aliphatic hydroxyl groups is 1. The van der Waals surface area contributed by atoms with Gasteiger partial charge in [-0.25, -0.2) is 12.7 Å². The van der Waals surface area contributed by atoms with Crippen molar-refractivity contribution in [3.63, 3.8) is 0 Å². The zero-order valence-electron chi connectivity index (χ0n) is 14.7. The third-order valence-corrected chi connectivity index (χ3v) is 6.46. The highest BCUT2D eigenvalue weighted by Gasteiger charge is 2.46. The highest BCUT2D eigenvalue weighted by atomic mass is 32.2. The fourth-order valence-electron chi connectivity index (χ4n) is 3.63. The molecule has 1 N–H and O–H groups in total. The van der Waals surface area contributed by atoms with Crippen LogP contribution in [0.5, 0.6) is 0 Å². The lowest BCUT2D eigenvalue weighted by molar-refractivity contribution is -0.104. The first-order valence-corrected chi connectivity index (χ1v) is 10.4. The lowest BCUT2D eigenvalue weighted by Gasteiger charge is -2.49. The summed E-state index contributed by atoms with van der Waals surface area (Å²) in [6.07, 6.45) is 2.93. The summed E-state index contributed by atoms with van der Waals surface area (Å²) in [5.74, 6) is 1.04. The average Bonchev–Trinajstić information content (AvgIpc) is 2.99. The summed E-state index contributed by atoms with van der Waals surface area (Å²) >= 11 is 0. The predicted molar refractivity (Wildman–Crippen MR) is 89.2 cm³/mol. The lowest BCUT2D eigenvalue weighted by atomic mass is 9.76. The SMILES string of the molecule is COCCc1noc(CN2CC[C@@]3(O)CCN(S(C)(=O)=O)C[C@H]3C2)n1. The maximum atomic E-state index is 11.8. The van der Waals surface area contributed by atoms with Crippen LogP contribution in [0.2, 0.25) is 0 Å². The van der Waals surface area contributed by atoms with Crippen molar-refractivity contribution in [2.75, 3.05) is 46.2 Å². The first kappa shape index (κ1) is 18.7. The Balaban J connectivity index is 1.61. The van der Waals surface area contributed by atoms with Crippen molar-refractivity contribution in [3.8, 4) is 0 Å². The number of likely N-dealkylation sites (tertiary alicyclic amines) is 1. The Kier molecular flexibility index (Phi) is 5.45. The molecule has 2 aliphatic rings. The summed E-state index contributed by atoms with van der Waals surface area (Å²) in [6.45, 7) is 3.12. The standard InChI is InChI=1S/C15H26N4O5S/c1-23-8-3-13-16-14(24-17-13)11-18-6-4-15(20)5-7-19(25(2,21)22)10-12(15)9-18/h12,20H,3-11H2,1-2H3/t12-,15-/m1/s1. The summed E-state index contributed by atoms with van der Waals surface area (Å²) in [5, 5.41) is 14.8. The Morgan fingerprint density at radius 2 is 2.12 bits per heavy atom. The van der Waals surface area contributed by atoms with Crippen LogP contribution < -0.4 is 0 Å². The Morgan fingerprint density at radius 3 is 2.84 bits per heavy atom. The second kappa shape index (κ2) is 7.28. The van der Waals surface area contributed by atoms with Gasteiger partial charge in [-0.1, -0.05) is 5.16 Å². The van der Waals surface area contributed by atoms with E-state index in [0.717, 1.165) is 6.54 Å². The quantitative estimate of drug-likeness (QED) is 0.708. The van der Waals surface area contributed by atoms with Gasteiger partial charge in [0.2, 0.25) is 15.9 Å². The third kappa shape index (κ3) is 4.37. The van der Waals surface area contributed by atoms with E-state index in [1.165, 1.54) is 10.6 Å². The van der Waals surface area contributed by atoms with Gasteiger partial charge in [0.15, 0.2) is 5.82 Å². The van der Waals surface area contributed by atoms with Gasteiger partial charge in [0.25, 0.3) is 0 Å². The van der Waals surface area contributed by atoms with Crippen LogP contribution in [-0.2, 0) is 27.7 Å². The van der Waals surface area contributed by atoms with E-state index in [0.29, 0.717) is 63.8 Å². The number of nitrogens with zero attached hydrogens (tertiary/aromatic N) is 4. The molecule has 0 unspecified atom stereocenters. The van der Waals surface area contributed by atoms with Crippen LogP contribution in [0.4, 0.5) is 0 Å². The van der Waals surface area contributed by atoms with Crippen LogP contribution >= 0.6 is 0 Å². The van der Waals surface area contributed by atoms with E-state index in [4.69, 9.17) is 9.26 Å². The number of piperidine rings is 2. The van der Waals surface area contributed by atoms with E-state index in [2.05, 4.69) is 15.0 Å². The zero-order chi connectivity index (χ0) is 18.1. The van der Waals surface area contributed by atoms with Crippen molar-refractivity contribution in [3.05, 3.63) is 11.7 Å². The molecule has 10 heteroatoms. The minimum atomic E-state index is -3.23. The van der Waals surface area contributed by atoms with Gasteiger partial charge in [0.1, 0.15) is 0 Å². The van der Waals surface area contributed by atoms with Gasteiger partial charge in [-0.2, -0.15) is 4.98 Å². The molecule has 0 bridgehead atoms. The maximum Gasteiger partial charge on any atom is 0.240 e.